The van der Waals surface area contributed by atoms with Crippen LogP contribution in [0.4, 0.5) is 41.2 Å². The van der Waals surface area contributed by atoms with Crippen LogP contribution in [0.15, 0.2) is 54.4 Å². The second-order valence-electron chi connectivity index (χ2n) is 8.41. The number of aromatic nitrogens is 2. The maximum absolute atomic E-state index is 14.0. The van der Waals surface area contributed by atoms with E-state index in [1.165, 1.54) is 23.0 Å². The number of rotatable bonds is 4. The van der Waals surface area contributed by atoms with E-state index in [-0.39, 0.29) is 17.3 Å². The summed E-state index contributed by atoms with van der Waals surface area (Å²) in [6.45, 7) is 0.953. The number of hydrogen-bond donors (Lipinski definition) is 0. The molecule has 1 amide bonds. The number of hydrogen-bond acceptors (Lipinski definition) is 4. The Kier molecular flexibility index (Phi) is 7.49. The molecule has 202 valence electrons. The van der Waals surface area contributed by atoms with Crippen molar-refractivity contribution >= 4 is 18.0 Å². The quantitative estimate of drug-likeness (QED) is 0.332. The van der Waals surface area contributed by atoms with Crippen LogP contribution in [0.3, 0.4) is 0 Å². The minimum Gasteiger partial charge on any atom is -0.409 e. The molecule has 0 atom stereocenters. The molecule has 4 rings (SSSR count). The van der Waals surface area contributed by atoms with Gasteiger partial charge in [-0.1, -0.05) is 0 Å². The molecule has 3 aromatic rings. The van der Waals surface area contributed by atoms with E-state index in [1.807, 2.05) is 0 Å². The summed E-state index contributed by atoms with van der Waals surface area (Å²) < 4.78 is 108. The van der Waals surface area contributed by atoms with Crippen molar-refractivity contribution < 1.29 is 45.0 Å². The topological polar surface area (TPSA) is 56.6 Å². The summed E-state index contributed by atoms with van der Waals surface area (Å²) in [5.41, 5.74) is -3.14. The maximum atomic E-state index is 14.0. The number of nitrogens with zero attached hydrogens (tertiary/aromatic N) is 3. The fraction of sp³-hybridized carbons (Fsp3) is 0.280. The zero-order chi connectivity index (χ0) is 27.7. The number of ether oxygens (including phenoxy) is 2. The summed E-state index contributed by atoms with van der Waals surface area (Å²) >= 11 is 0. The van der Waals surface area contributed by atoms with E-state index < -0.39 is 46.7 Å². The fourth-order valence-corrected chi connectivity index (χ4v) is 3.75. The smallest absolute Gasteiger partial charge is 0.409 e. The molecule has 1 fully saturated rings. The molecule has 0 radical (unpaired) electrons. The monoisotopic (exact) mass is 543 g/mol. The van der Waals surface area contributed by atoms with E-state index in [2.05, 4.69) is 5.10 Å². The predicted molar refractivity (Wildman–Crippen MR) is 123 cm³/mol. The summed E-state index contributed by atoms with van der Waals surface area (Å²) in [7, 11) is 1.16. The van der Waals surface area contributed by atoms with Gasteiger partial charge in [-0.15, -0.1) is 0 Å². The molecule has 1 aliphatic heterocycles. The van der Waals surface area contributed by atoms with Gasteiger partial charge >= 0.3 is 18.4 Å². The lowest BCUT2D eigenvalue weighted by Gasteiger charge is -2.22. The minimum absolute atomic E-state index is 0.0781. The molecule has 2 heterocycles. The van der Waals surface area contributed by atoms with Gasteiger partial charge in [0, 0.05) is 36.3 Å². The lowest BCUT2D eigenvalue weighted by Crippen LogP contribution is -2.30. The van der Waals surface area contributed by atoms with Crippen LogP contribution in [-0.4, -0.2) is 36.1 Å². The lowest BCUT2D eigenvalue weighted by molar-refractivity contribution is -0.143. The van der Waals surface area contributed by atoms with Crippen LogP contribution >= 0.6 is 0 Å². The molecule has 13 heteroatoms. The zero-order valence-corrected chi connectivity index (χ0v) is 19.7. The van der Waals surface area contributed by atoms with Crippen molar-refractivity contribution in [3.05, 3.63) is 71.3 Å². The van der Waals surface area contributed by atoms with E-state index >= 15 is 0 Å². The summed E-state index contributed by atoms with van der Waals surface area (Å²) in [5.74, 6) is -1.74. The molecule has 0 spiro atoms. The Morgan fingerprint density at radius 3 is 2.32 bits per heavy atom. The SMILES string of the molecule is CN(C(=O)Oc1c(-c2cnn(C=C3CCOCC3)c2)cc(C(F)(F)F)cc1C(F)(F)F)c1ccc(F)cc1. The van der Waals surface area contributed by atoms with Crippen LogP contribution in [0, 0.1) is 5.82 Å². The molecule has 1 aliphatic rings. The van der Waals surface area contributed by atoms with E-state index in [0.717, 1.165) is 35.9 Å². The van der Waals surface area contributed by atoms with Crippen molar-refractivity contribution in [3.8, 4) is 16.9 Å². The molecule has 6 nitrogen and oxygen atoms in total. The van der Waals surface area contributed by atoms with Gasteiger partial charge in [0.25, 0.3) is 0 Å². The standard InChI is InChI=1S/C25H20F7N3O3/c1-34(19-4-2-18(26)3-5-19)23(36)38-22-20(10-17(24(27,28)29)11-21(22)25(30,31)32)16-12-33-35(14-16)13-15-6-8-37-9-7-15/h2-5,10-14H,6-9H2,1H3. The van der Waals surface area contributed by atoms with Crippen molar-refractivity contribution in [1.82, 2.24) is 9.78 Å². The summed E-state index contributed by atoms with van der Waals surface area (Å²) in [5, 5.41) is 4.03. The number of anilines is 1. The first kappa shape index (κ1) is 27.2. The highest BCUT2D eigenvalue weighted by molar-refractivity contribution is 5.90. The predicted octanol–water partition coefficient (Wildman–Crippen LogP) is 7.01. The Morgan fingerprint density at radius 1 is 1.05 bits per heavy atom. The molecule has 38 heavy (non-hydrogen) atoms. The van der Waals surface area contributed by atoms with Gasteiger partial charge in [-0.3, -0.25) is 4.90 Å². The average molecular weight is 543 g/mol. The van der Waals surface area contributed by atoms with Gasteiger partial charge in [0.1, 0.15) is 5.82 Å². The number of benzene rings is 2. The molecule has 0 unspecified atom stereocenters. The van der Waals surface area contributed by atoms with E-state index in [9.17, 15) is 35.5 Å². The van der Waals surface area contributed by atoms with Crippen molar-refractivity contribution in [1.29, 1.82) is 0 Å². The van der Waals surface area contributed by atoms with Crippen LogP contribution < -0.4 is 9.64 Å². The third-order valence-electron chi connectivity index (χ3n) is 5.76. The van der Waals surface area contributed by atoms with Crippen LogP contribution in [-0.2, 0) is 17.1 Å². The molecule has 0 saturated carbocycles. The first-order chi connectivity index (χ1) is 17.8. The zero-order valence-electron chi connectivity index (χ0n) is 19.7. The second-order valence-corrected chi connectivity index (χ2v) is 8.41. The molecule has 2 aromatic carbocycles. The van der Waals surface area contributed by atoms with E-state index in [1.54, 1.807) is 6.20 Å². The Hall–Kier alpha value is -3.87. The van der Waals surface area contributed by atoms with Gasteiger partial charge in [-0.2, -0.15) is 31.4 Å². The largest absolute Gasteiger partial charge is 0.420 e. The van der Waals surface area contributed by atoms with Crippen LogP contribution in [0.2, 0.25) is 0 Å². The highest BCUT2D eigenvalue weighted by Gasteiger charge is 2.41. The third kappa shape index (κ3) is 6.15. The van der Waals surface area contributed by atoms with Crippen molar-refractivity contribution in [2.75, 3.05) is 25.2 Å². The lowest BCUT2D eigenvalue weighted by atomic mass is 9.99. The highest BCUT2D eigenvalue weighted by atomic mass is 19.4. The highest BCUT2D eigenvalue weighted by Crippen LogP contribution is 2.46. The molecule has 0 N–H and O–H groups in total. The van der Waals surface area contributed by atoms with Crippen molar-refractivity contribution in [3.63, 3.8) is 0 Å². The molecule has 0 bridgehead atoms. The van der Waals surface area contributed by atoms with Gasteiger partial charge < -0.3 is 9.47 Å². The Morgan fingerprint density at radius 2 is 1.71 bits per heavy atom. The Labute approximate surface area is 211 Å². The van der Waals surface area contributed by atoms with Crippen molar-refractivity contribution in [2.24, 2.45) is 0 Å². The number of carbonyl (C=O) groups excluding carboxylic acids is 1. The number of alkyl halides is 6. The number of halogens is 7. The van der Waals surface area contributed by atoms with Gasteiger partial charge in [0.05, 0.1) is 30.5 Å². The Bertz CT molecular complexity index is 1340. The first-order valence-electron chi connectivity index (χ1n) is 11.2. The second kappa shape index (κ2) is 10.5. The summed E-state index contributed by atoms with van der Waals surface area (Å²) in [6.07, 6.45) is -6.65. The van der Waals surface area contributed by atoms with Crippen LogP contribution in [0.5, 0.6) is 5.75 Å². The van der Waals surface area contributed by atoms with E-state index in [4.69, 9.17) is 9.47 Å². The maximum Gasteiger partial charge on any atom is 0.420 e. The average Bonchev–Trinajstić information content (AvgIpc) is 3.31. The molecular formula is C25H20F7N3O3. The van der Waals surface area contributed by atoms with Gasteiger partial charge in [0.15, 0.2) is 5.75 Å². The first-order valence-corrected chi connectivity index (χ1v) is 11.2. The normalized spacial score (nSPS) is 14.4. The molecular weight excluding hydrogens is 523 g/mol. The molecule has 1 saturated heterocycles. The fourth-order valence-electron chi connectivity index (χ4n) is 3.75. The molecule has 1 aromatic heterocycles. The Balaban J connectivity index is 1.81. The number of carbonyl (C=O) groups is 1. The van der Waals surface area contributed by atoms with Gasteiger partial charge in [-0.25, -0.2) is 13.9 Å². The minimum atomic E-state index is -5.31. The number of amides is 1. The third-order valence-corrected chi connectivity index (χ3v) is 5.76. The van der Waals surface area contributed by atoms with Gasteiger partial charge in [0.2, 0.25) is 0 Å². The van der Waals surface area contributed by atoms with Crippen LogP contribution in [0.25, 0.3) is 17.3 Å². The molecule has 0 aliphatic carbocycles. The van der Waals surface area contributed by atoms with Gasteiger partial charge in [-0.05, 0) is 54.8 Å². The van der Waals surface area contributed by atoms with Crippen molar-refractivity contribution in [2.45, 2.75) is 25.2 Å². The van der Waals surface area contributed by atoms with E-state index in [0.29, 0.717) is 32.1 Å². The summed E-state index contributed by atoms with van der Waals surface area (Å²) in [6, 6.07) is 4.76. The van der Waals surface area contributed by atoms with Crippen LogP contribution in [0.1, 0.15) is 24.0 Å². The summed E-state index contributed by atoms with van der Waals surface area (Å²) in [4.78, 5) is 13.6.